The molecule has 3 rings (SSSR count). The van der Waals surface area contributed by atoms with Gasteiger partial charge in [0.1, 0.15) is 0 Å². The highest BCUT2D eigenvalue weighted by atomic mass is 35.5. The van der Waals surface area contributed by atoms with Crippen LogP contribution in [0.3, 0.4) is 0 Å². The van der Waals surface area contributed by atoms with E-state index in [2.05, 4.69) is 15.3 Å². The molecule has 8 nitrogen and oxygen atoms in total. The van der Waals surface area contributed by atoms with E-state index >= 15 is 0 Å². The van der Waals surface area contributed by atoms with E-state index < -0.39 is 17.7 Å². The number of likely N-dealkylation sites (tertiary alicyclic amines) is 1. The number of carbonyl (C=O) groups excluding carboxylic acids is 3. The number of halogens is 1. The van der Waals surface area contributed by atoms with Crippen LogP contribution in [0, 0.1) is 5.92 Å². The Morgan fingerprint density at radius 2 is 1.89 bits per heavy atom. The van der Waals surface area contributed by atoms with Gasteiger partial charge < -0.3 is 16.0 Å². The number of hydrogen-bond donors (Lipinski definition) is 2. The van der Waals surface area contributed by atoms with Gasteiger partial charge in [0, 0.05) is 25.1 Å². The van der Waals surface area contributed by atoms with E-state index in [1.165, 1.54) is 24.7 Å². The molecule has 0 spiro atoms. The van der Waals surface area contributed by atoms with Gasteiger partial charge in [-0.1, -0.05) is 18.5 Å². The van der Waals surface area contributed by atoms with Gasteiger partial charge in [-0.15, -0.1) is 0 Å². The molecule has 3 heterocycles. The fourth-order valence-electron chi connectivity index (χ4n) is 3.29. The smallest absolute Gasteiger partial charge is 0.313 e. The van der Waals surface area contributed by atoms with E-state index in [4.69, 9.17) is 17.3 Å². The fraction of sp³-hybridized carbons (Fsp3) is 0.316. The van der Waals surface area contributed by atoms with Crippen LogP contribution < -0.4 is 11.1 Å². The van der Waals surface area contributed by atoms with E-state index in [0.717, 1.165) is 12.0 Å². The van der Waals surface area contributed by atoms with Crippen molar-refractivity contribution in [3.8, 4) is 0 Å². The lowest BCUT2D eigenvalue weighted by atomic mass is 9.90. The van der Waals surface area contributed by atoms with Crippen molar-refractivity contribution in [2.45, 2.75) is 25.8 Å². The van der Waals surface area contributed by atoms with E-state index in [-0.39, 0.29) is 23.2 Å². The zero-order chi connectivity index (χ0) is 20.3. The van der Waals surface area contributed by atoms with Crippen LogP contribution in [-0.2, 0) is 9.59 Å². The van der Waals surface area contributed by atoms with Crippen LogP contribution in [0.5, 0.6) is 0 Å². The quantitative estimate of drug-likeness (QED) is 0.764. The summed E-state index contributed by atoms with van der Waals surface area (Å²) < 4.78 is 0. The van der Waals surface area contributed by atoms with E-state index in [1.807, 2.05) is 6.92 Å². The van der Waals surface area contributed by atoms with Gasteiger partial charge in [-0.3, -0.25) is 24.4 Å². The first-order valence-corrected chi connectivity index (χ1v) is 9.20. The largest absolute Gasteiger partial charge is 0.366 e. The third-order valence-corrected chi connectivity index (χ3v) is 4.87. The second-order valence-corrected chi connectivity index (χ2v) is 7.31. The normalized spacial score (nSPS) is 19.1. The molecule has 146 valence electrons. The molecule has 1 aliphatic rings. The lowest BCUT2D eigenvalue weighted by Gasteiger charge is -2.38. The summed E-state index contributed by atoms with van der Waals surface area (Å²) in [7, 11) is 0. The molecular weight excluding hydrogens is 382 g/mol. The molecule has 1 saturated heterocycles. The highest BCUT2D eigenvalue weighted by Crippen LogP contribution is 2.34. The Bertz CT molecular complexity index is 920. The third kappa shape index (κ3) is 4.45. The monoisotopic (exact) mass is 401 g/mol. The molecule has 1 fully saturated rings. The maximum Gasteiger partial charge on any atom is 0.313 e. The van der Waals surface area contributed by atoms with Crippen molar-refractivity contribution >= 4 is 35.0 Å². The lowest BCUT2D eigenvalue weighted by molar-refractivity contribution is -0.146. The number of rotatable bonds is 3. The van der Waals surface area contributed by atoms with Gasteiger partial charge in [-0.2, -0.15) is 0 Å². The number of amides is 3. The lowest BCUT2D eigenvalue weighted by Crippen LogP contribution is -2.46. The number of aromatic nitrogens is 2. The van der Waals surface area contributed by atoms with Gasteiger partial charge in [-0.25, -0.2) is 0 Å². The number of carbonyl (C=O) groups is 3. The van der Waals surface area contributed by atoms with Crippen LogP contribution in [0.2, 0.25) is 5.02 Å². The zero-order valence-electron chi connectivity index (χ0n) is 15.3. The first-order chi connectivity index (χ1) is 13.3. The van der Waals surface area contributed by atoms with Gasteiger partial charge in [0.2, 0.25) is 5.91 Å². The molecule has 0 bridgehead atoms. The molecule has 0 saturated carbocycles. The SMILES string of the molecule is CC1CCC(c2cncc(Cl)c2)N(C(=O)C(=O)Nc2cncc(C(N)=O)c2)C1. The molecule has 2 atom stereocenters. The average Bonchev–Trinajstić information content (AvgIpc) is 2.67. The number of nitrogens with one attached hydrogen (secondary N) is 1. The summed E-state index contributed by atoms with van der Waals surface area (Å²) in [6.45, 7) is 2.48. The van der Waals surface area contributed by atoms with Crippen molar-refractivity contribution in [3.63, 3.8) is 0 Å². The van der Waals surface area contributed by atoms with Gasteiger partial charge in [0.25, 0.3) is 0 Å². The predicted molar refractivity (Wildman–Crippen MR) is 103 cm³/mol. The van der Waals surface area contributed by atoms with Gasteiger partial charge in [0.05, 0.1) is 28.5 Å². The first kappa shape index (κ1) is 19.8. The minimum absolute atomic E-state index is 0.139. The molecule has 0 aromatic carbocycles. The number of hydrogen-bond acceptors (Lipinski definition) is 5. The predicted octanol–water partition coefficient (Wildman–Crippen LogP) is 2.17. The van der Waals surface area contributed by atoms with Crippen molar-refractivity contribution in [3.05, 3.63) is 53.1 Å². The van der Waals surface area contributed by atoms with E-state index in [9.17, 15) is 14.4 Å². The molecule has 3 N–H and O–H groups in total. The molecule has 28 heavy (non-hydrogen) atoms. The third-order valence-electron chi connectivity index (χ3n) is 4.66. The first-order valence-electron chi connectivity index (χ1n) is 8.82. The van der Waals surface area contributed by atoms with Gasteiger partial charge >= 0.3 is 11.8 Å². The van der Waals surface area contributed by atoms with Crippen LogP contribution in [0.15, 0.2) is 36.9 Å². The second kappa shape index (κ2) is 8.35. The Balaban J connectivity index is 1.80. The van der Waals surface area contributed by atoms with E-state index in [1.54, 1.807) is 17.2 Å². The maximum atomic E-state index is 12.9. The molecule has 0 aliphatic carbocycles. The molecule has 1 aliphatic heterocycles. The average molecular weight is 402 g/mol. The molecule has 2 unspecified atom stereocenters. The molecule has 9 heteroatoms. The summed E-state index contributed by atoms with van der Waals surface area (Å²) in [6.07, 6.45) is 7.44. The minimum atomic E-state index is -0.808. The van der Waals surface area contributed by atoms with Crippen LogP contribution in [0.1, 0.15) is 41.7 Å². The Kier molecular flexibility index (Phi) is 5.89. The standard InChI is InChI=1S/C19H20ClN5O3/c1-11-2-3-16(12-4-14(20)8-22-6-12)25(10-11)19(28)18(27)24-15-5-13(17(21)26)7-23-9-15/h4-9,11,16H,2-3,10H2,1H3,(H2,21,26)(H,24,27). The van der Waals surface area contributed by atoms with Crippen molar-refractivity contribution < 1.29 is 14.4 Å². The Morgan fingerprint density at radius 3 is 2.61 bits per heavy atom. The summed E-state index contributed by atoms with van der Waals surface area (Å²) in [6, 6.07) is 2.85. The molecular formula is C19H20ClN5O3. The Labute approximate surface area is 167 Å². The summed E-state index contributed by atoms with van der Waals surface area (Å²) in [5.41, 5.74) is 6.37. The highest BCUT2D eigenvalue weighted by Gasteiger charge is 2.34. The van der Waals surface area contributed by atoms with Gasteiger partial charge in [-0.05, 0) is 36.5 Å². The second-order valence-electron chi connectivity index (χ2n) is 6.87. The number of piperidine rings is 1. The van der Waals surface area contributed by atoms with Crippen molar-refractivity contribution in [2.24, 2.45) is 11.7 Å². The van der Waals surface area contributed by atoms with Crippen molar-refractivity contribution in [1.29, 1.82) is 0 Å². The number of primary amides is 1. The summed E-state index contributed by atoms with van der Waals surface area (Å²) in [4.78, 5) is 46.2. The Morgan fingerprint density at radius 1 is 1.14 bits per heavy atom. The molecule has 0 radical (unpaired) electrons. The summed E-state index contributed by atoms with van der Waals surface area (Å²) in [5.74, 6) is -1.88. The van der Waals surface area contributed by atoms with Crippen molar-refractivity contribution in [1.82, 2.24) is 14.9 Å². The van der Waals surface area contributed by atoms with Crippen LogP contribution in [0.4, 0.5) is 5.69 Å². The molecule has 3 amide bonds. The Hall–Kier alpha value is -3.00. The minimum Gasteiger partial charge on any atom is -0.366 e. The highest BCUT2D eigenvalue weighted by molar-refractivity contribution is 6.39. The van der Waals surface area contributed by atoms with E-state index in [0.29, 0.717) is 18.0 Å². The molecule has 2 aromatic heterocycles. The van der Waals surface area contributed by atoms with Crippen LogP contribution in [-0.4, -0.2) is 39.1 Å². The molecule has 2 aromatic rings. The van der Waals surface area contributed by atoms with Crippen LogP contribution in [0.25, 0.3) is 0 Å². The maximum absolute atomic E-state index is 12.9. The topological polar surface area (TPSA) is 118 Å². The summed E-state index contributed by atoms with van der Waals surface area (Å²) >= 11 is 6.04. The number of nitrogens with zero attached hydrogens (tertiary/aromatic N) is 3. The van der Waals surface area contributed by atoms with Gasteiger partial charge in [0.15, 0.2) is 0 Å². The number of pyridine rings is 2. The zero-order valence-corrected chi connectivity index (χ0v) is 16.0. The fourth-order valence-corrected chi connectivity index (χ4v) is 3.47. The van der Waals surface area contributed by atoms with Crippen molar-refractivity contribution in [2.75, 3.05) is 11.9 Å². The number of nitrogens with two attached hydrogens (primary N) is 1. The number of anilines is 1. The summed E-state index contributed by atoms with van der Waals surface area (Å²) in [5, 5.41) is 2.96. The van der Waals surface area contributed by atoms with Crippen LogP contribution >= 0.6 is 11.6 Å².